The number of hydrogen-bond acceptors (Lipinski definition) is 4. The molecule has 0 atom stereocenters. The lowest BCUT2D eigenvalue weighted by atomic mass is 10.1. The number of aromatic nitrogens is 5. The summed E-state index contributed by atoms with van der Waals surface area (Å²) in [6.07, 6.45) is 3.53. The monoisotopic (exact) mass is 338 g/mol. The molecule has 4 rings (SSSR count). The minimum atomic E-state index is -0.486. The molecule has 0 saturated heterocycles. The lowest BCUT2D eigenvalue weighted by Gasteiger charge is -1.99. The van der Waals surface area contributed by atoms with Gasteiger partial charge in [-0.3, -0.25) is 10.2 Å². The maximum atomic E-state index is 14.3. The highest BCUT2D eigenvalue weighted by atomic mass is 19.1. The number of rotatable bonds is 3. The molecule has 8 heteroatoms. The van der Waals surface area contributed by atoms with Crippen LogP contribution in [-0.4, -0.2) is 25.4 Å². The van der Waals surface area contributed by atoms with Crippen LogP contribution in [0.2, 0.25) is 0 Å². The van der Waals surface area contributed by atoms with Crippen LogP contribution in [0.4, 0.5) is 14.7 Å². The van der Waals surface area contributed by atoms with E-state index >= 15 is 0 Å². The van der Waals surface area contributed by atoms with Crippen molar-refractivity contribution in [2.75, 3.05) is 5.73 Å². The summed E-state index contributed by atoms with van der Waals surface area (Å²) in [6, 6.07) is 9.10. The van der Waals surface area contributed by atoms with Gasteiger partial charge in [0.2, 0.25) is 5.95 Å². The Labute approximate surface area is 140 Å². The molecule has 2 heterocycles. The van der Waals surface area contributed by atoms with Crippen LogP contribution in [-0.2, 0) is 0 Å². The third kappa shape index (κ3) is 2.85. The predicted molar refractivity (Wildman–Crippen MR) is 91.2 cm³/mol. The van der Waals surface area contributed by atoms with Gasteiger partial charge in [-0.15, -0.1) is 5.10 Å². The summed E-state index contributed by atoms with van der Waals surface area (Å²) in [7, 11) is 0. The maximum Gasteiger partial charge on any atom is 0.239 e. The second-order valence-electron chi connectivity index (χ2n) is 5.42. The molecule has 2 aromatic carbocycles. The van der Waals surface area contributed by atoms with Crippen molar-refractivity contribution in [1.82, 2.24) is 25.4 Å². The Bertz CT molecular complexity index is 1080. The number of nitrogens with two attached hydrogens (primary N) is 1. The molecular formula is C17H12F2N6. The molecule has 2 aromatic heterocycles. The van der Waals surface area contributed by atoms with Gasteiger partial charge in [0.1, 0.15) is 11.3 Å². The molecule has 25 heavy (non-hydrogen) atoms. The number of aromatic amines is 2. The third-order valence-electron chi connectivity index (χ3n) is 3.73. The molecule has 0 unspecified atom stereocenters. The highest BCUT2D eigenvalue weighted by Crippen LogP contribution is 2.27. The first kappa shape index (κ1) is 15.0. The number of hydrogen-bond donors (Lipinski definition) is 3. The first-order chi connectivity index (χ1) is 12.1. The summed E-state index contributed by atoms with van der Waals surface area (Å²) < 4.78 is 27.3. The lowest BCUT2D eigenvalue weighted by molar-refractivity contribution is 0.627. The number of nitrogens with one attached hydrogen (secondary N) is 2. The van der Waals surface area contributed by atoms with Gasteiger partial charge in [-0.05, 0) is 35.9 Å². The molecular weight excluding hydrogens is 326 g/mol. The first-order valence-electron chi connectivity index (χ1n) is 7.40. The summed E-state index contributed by atoms with van der Waals surface area (Å²) in [5, 5.41) is 13.8. The Morgan fingerprint density at radius 2 is 1.76 bits per heavy atom. The number of fused-ring (bicyclic) bond motifs is 1. The van der Waals surface area contributed by atoms with Crippen LogP contribution in [0.1, 0.15) is 11.3 Å². The Balaban J connectivity index is 1.77. The van der Waals surface area contributed by atoms with Gasteiger partial charge in [-0.2, -0.15) is 10.1 Å². The van der Waals surface area contributed by atoms with Crippen molar-refractivity contribution in [2.24, 2.45) is 0 Å². The van der Waals surface area contributed by atoms with Crippen molar-refractivity contribution in [2.45, 2.75) is 0 Å². The zero-order chi connectivity index (χ0) is 17.4. The summed E-state index contributed by atoms with van der Waals surface area (Å²) >= 11 is 0. The summed E-state index contributed by atoms with van der Waals surface area (Å²) in [6.45, 7) is 0. The average Bonchev–Trinajstić information content (AvgIpc) is 3.21. The van der Waals surface area contributed by atoms with Crippen molar-refractivity contribution in [1.29, 1.82) is 0 Å². The molecule has 0 saturated carbocycles. The van der Waals surface area contributed by atoms with E-state index in [2.05, 4.69) is 25.4 Å². The topological polar surface area (TPSA) is 96.3 Å². The fraction of sp³-hybridized carbons (Fsp3) is 0. The number of nitrogens with zero attached hydrogens (tertiary/aromatic N) is 3. The third-order valence-corrected chi connectivity index (χ3v) is 3.73. The quantitative estimate of drug-likeness (QED) is 0.533. The number of halogens is 2. The van der Waals surface area contributed by atoms with Crippen LogP contribution in [0.3, 0.4) is 0 Å². The van der Waals surface area contributed by atoms with Crippen molar-refractivity contribution >= 4 is 29.0 Å². The molecule has 0 aliphatic rings. The Morgan fingerprint density at radius 1 is 0.960 bits per heavy atom. The summed E-state index contributed by atoms with van der Waals surface area (Å²) in [4.78, 5) is 4.01. The molecule has 0 fully saturated rings. The van der Waals surface area contributed by atoms with Crippen LogP contribution < -0.4 is 5.73 Å². The highest BCUT2D eigenvalue weighted by Gasteiger charge is 2.13. The highest BCUT2D eigenvalue weighted by molar-refractivity contribution is 5.92. The smallest absolute Gasteiger partial charge is 0.239 e. The minimum absolute atomic E-state index is 0.0825. The number of anilines is 1. The number of nitrogen functional groups attached to an aromatic ring is 1. The van der Waals surface area contributed by atoms with E-state index in [9.17, 15) is 8.78 Å². The van der Waals surface area contributed by atoms with Gasteiger partial charge in [-0.25, -0.2) is 8.78 Å². The van der Waals surface area contributed by atoms with Crippen molar-refractivity contribution < 1.29 is 8.78 Å². The van der Waals surface area contributed by atoms with Gasteiger partial charge in [0, 0.05) is 10.9 Å². The molecule has 124 valence electrons. The Kier molecular flexibility index (Phi) is 3.50. The molecule has 0 bridgehead atoms. The normalized spacial score (nSPS) is 11.6. The molecule has 0 aliphatic carbocycles. The van der Waals surface area contributed by atoms with Crippen LogP contribution in [0.15, 0.2) is 36.4 Å². The van der Waals surface area contributed by atoms with E-state index in [1.54, 1.807) is 30.4 Å². The number of H-pyrrole nitrogens is 2. The maximum absolute atomic E-state index is 14.3. The Morgan fingerprint density at radius 3 is 2.48 bits per heavy atom. The van der Waals surface area contributed by atoms with E-state index < -0.39 is 5.82 Å². The Hall–Kier alpha value is -3.55. The van der Waals surface area contributed by atoms with E-state index in [-0.39, 0.29) is 17.3 Å². The van der Waals surface area contributed by atoms with Crippen LogP contribution >= 0.6 is 0 Å². The van der Waals surface area contributed by atoms with Crippen LogP contribution in [0.5, 0.6) is 0 Å². The minimum Gasteiger partial charge on any atom is -0.366 e. The first-order valence-corrected chi connectivity index (χ1v) is 7.40. The van der Waals surface area contributed by atoms with Crippen LogP contribution in [0.25, 0.3) is 34.4 Å². The second-order valence-corrected chi connectivity index (χ2v) is 5.42. The predicted octanol–water partition coefficient (Wildman–Crippen LogP) is 3.38. The molecule has 0 aliphatic heterocycles. The second kappa shape index (κ2) is 5.82. The fourth-order valence-electron chi connectivity index (χ4n) is 2.52. The molecule has 4 aromatic rings. The van der Waals surface area contributed by atoms with E-state index in [0.717, 1.165) is 5.56 Å². The van der Waals surface area contributed by atoms with Crippen LogP contribution in [0, 0.1) is 11.6 Å². The standard InChI is InChI=1S/C17H12F2N6/c18-11-4-1-9(2-5-11)3-6-14-12-7-10(16-21-17(20)25-24-16)8-13(19)15(12)23-22-14/h1-8H,(H,22,23)(H3,20,21,24,25). The lowest BCUT2D eigenvalue weighted by Crippen LogP contribution is -1.87. The van der Waals surface area contributed by atoms with E-state index in [1.807, 2.05) is 0 Å². The summed E-state index contributed by atoms with van der Waals surface area (Å²) in [5.74, 6) is -0.338. The molecule has 0 radical (unpaired) electrons. The fourth-order valence-corrected chi connectivity index (χ4v) is 2.52. The van der Waals surface area contributed by atoms with Gasteiger partial charge in [0.05, 0.1) is 5.69 Å². The number of benzene rings is 2. The van der Waals surface area contributed by atoms with Crippen molar-refractivity contribution in [3.63, 3.8) is 0 Å². The molecule has 6 nitrogen and oxygen atoms in total. The van der Waals surface area contributed by atoms with Crippen molar-refractivity contribution in [3.05, 3.63) is 59.3 Å². The summed E-state index contributed by atoms with van der Waals surface area (Å²) in [5.41, 5.74) is 7.65. The van der Waals surface area contributed by atoms with Gasteiger partial charge in [0.25, 0.3) is 0 Å². The largest absolute Gasteiger partial charge is 0.366 e. The van der Waals surface area contributed by atoms with Gasteiger partial charge >= 0.3 is 0 Å². The molecule has 0 spiro atoms. The van der Waals surface area contributed by atoms with E-state index in [4.69, 9.17) is 5.73 Å². The zero-order valence-corrected chi connectivity index (χ0v) is 12.8. The SMILES string of the molecule is Nc1n[nH]c(-c2cc(F)c3n[nH]c(C=Cc4ccc(F)cc4)c3c2)n1. The zero-order valence-electron chi connectivity index (χ0n) is 12.8. The van der Waals surface area contributed by atoms with E-state index in [0.29, 0.717) is 22.5 Å². The van der Waals surface area contributed by atoms with Gasteiger partial charge in [0.15, 0.2) is 11.6 Å². The van der Waals surface area contributed by atoms with Gasteiger partial charge < -0.3 is 5.73 Å². The van der Waals surface area contributed by atoms with Gasteiger partial charge in [-0.1, -0.05) is 18.2 Å². The molecule has 0 amide bonds. The van der Waals surface area contributed by atoms with E-state index in [1.165, 1.54) is 18.2 Å². The molecule has 4 N–H and O–H groups in total. The van der Waals surface area contributed by atoms with Crippen molar-refractivity contribution in [3.8, 4) is 11.4 Å². The average molecular weight is 338 g/mol.